The third-order valence-corrected chi connectivity index (χ3v) is 6.30. The van der Waals surface area contributed by atoms with Gasteiger partial charge in [-0.3, -0.25) is 9.59 Å². The summed E-state index contributed by atoms with van der Waals surface area (Å²) in [6.07, 6.45) is 6.72. The molecule has 0 radical (unpaired) electrons. The fraction of sp³-hybridized carbons (Fsp3) is 0.667. The van der Waals surface area contributed by atoms with Crippen LogP contribution in [0.2, 0.25) is 0 Å². The predicted octanol–water partition coefficient (Wildman–Crippen LogP) is 4.36. The van der Waals surface area contributed by atoms with E-state index in [1.807, 2.05) is 43.9 Å². The molecule has 1 aliphatic carbocycles. The molecule has 1 saturated heterocycles. The SMILES string of the molecule is Cc1cc(C(=O)NC2CCCC2)ccc1NCC1CCN(C(=O)C(C)(C)C)CC1. The molecule has 3 rings (SSSR count). The van der Waals surface area contributed by atoms with Crippen LogP contribution in [0.25, 0.3) is 0 Å². The molecule has 0 aromatic heterocycles. The molecule has 0 bridgehead atoms. The van der Waals surface area contributed by atoms with Crippen molar-refractivity contribution in [2.24, 2.45) is 11.3 Å². The second-order valence-electron chi connectivity index (χ2n) is 9.85. The maximum atomic E-state index is 12.5. The monoisotopic (exact) mass is 399 g/mol. The number of hydrogen-bond donors (Lipinski definition) is 2. The first-order valence-corrected chi connectivity index (χ1v) is 11.2. The molecule has 2 fully saturated rings. The molecule has 160 valence electrons. The first-order valence-electron chi connectivity index (χ1n) is 11.2. The van der Waals surface area contributed by atoms with Crippen molar-refractivity contribution in [3.8, 4) is 0 Å². The molecular weight excluding hydrogens is 362 g/mol. The van der Waals surface area contributed by atoms with Gasteiger partial charge < -0.3 is 15.5 Å². The average molecular weight is 400 g/mol. The first kappa shape index (κ1) is 21.7. The van der Waals surface area contributed by atoms with Gasteiger partial charge in [0.25, 0.3) is 5.91 Å². The van der Waals surface area contributed by atoms with Crippen LogP contribution in [0.3, 0.4) is 0 Å². The normalized spacial score (nSPS) is 18.7. The number of likely N-dealkylation sites (tertiary alicyclic amines) is 1. The molecule has 0 atom stereocenters. The van der Waals surface area contributed by atoms with Crippen molar-refractivity contribution in [3.05, 3.63) is 29.3 Å². The van der Waals surface area contributed by atoms with Gasteiger partial charge in [-0.25, -0.2) is 0 Å². The highest BCUT2D eigenvalue weighted by Crippen LogP contribution is 2.25. The zero-order valence-electron chi connectivity index (χ0n) is 18.5. The number of piperidine rings is 1. The number of hydrogen-bond acceptors (Lipinski definition) is 3. The number of rotatable bonds is 5. The third kappa shape index (κ3) is 5.74. The molecule has 0 spiro atoms. The number of amides is 2. The minimum atomic E-state index is -0.298. The summed E-state index contributed by atoms with van der Waals surface area (Å²) in [5.74, 6) is 0.873. The van der Waals surface area contributed by atoms with Gasteiger partial charge in [-0.15, -0.1) is 0 Å². The molecule has 1 aliphatic heterocycles. The zero-order valence-corrected chi connectivity index (χ0v) is 18.5. The van der Waals surface area contributed by atoms with E-state index in [9.17, 15) is 9.59 Å². The standard InChI is InChI=1S/C24H37N3O2/c1-17-15-19(22(28)26-20-7-5-6-8-20)9-10-21(17)25-16-18-11-13-27(14-12-18)23(29)24(2,3)4/h9-10,15,18,20,25H,5-8,11-14,16H2,1-4H3,(H,26,28). The second kappa shape index (κ2) is 9.19. The van der Waals surface area contributed by atoms with Crippen molar-refractivity contribution in [1.29, 1.82) is 0 Å². The van der Waals surface area contributed by atoms with Crippen LogP contribution >= 0.6 is 0 Å². The van der Waals surface area contributed by atoms with Crippen LogP contribution in [0.15, 0.2) is 18.2 Å². The van der Waals surface area contributed by atoms with E-state index in [0.29, 0.717) is 12.0 Å². The van der Waals surface area contributed by atoms with Gasteiger partial charge in [-0.05, 0) is 62.3 Å². The number of anilines is 1. The summed E-state index contributed by atoms with van der Waals surface area (Å²) in [6.45, 7) is 10.6. The van der Waals surface area contributed by atoms with Crippen LogP contribution in [-0.2, 0) is 4.79 Å². The quantitative estimate of drug-likeness (QED) is 0.773. The lowest BCUT2D eigenvalue weighted by atomic mass is 9.91. The third-order valence-electron chi connectivity index (χ3n) is 6.30. The van der Waals surface area contributed by atoms with E-state index in [1.165, 1.54) is 12.8 Å². The van der Waals surface area contributed by atoms with Crippen LogP contribution < -0.4 is 10.6 Å². The Morgan fingerprint density at radius 3 is 2.31 bits per heavy atom. The van der Waals surface area contributed by atoms with Crippen LogP contribution in [0.4, 0.5) is 5.69 Å². The Balaban J connectivity index is 1.47. The summed E-state index contributed by atoms with van der Waals surface area (Å²) in [5.41, 5.74) is 2.64. The Morgan fingerprint density at radius 1 is 1.07 bits per heavy atom. The van der Waals surface area contributed by atoms with Crippen molar-refractivity contribution >= 4 is 17.5 Å². The molecule has 1 aromatic carbocycles. The predicted molar refractivity (Wildman–Crippen MR) is 118 cm³/mol. The Kier molecular flexibility index (Phi) is 6.86. The number of carbonyl (C=O) groups excluding carboxylic acids is 2. The van der Waals surface area contributed by atoms with Gasteiger partial charge in [0.1, 0.15) is 0 Å². The highest BCUT2D eigenvalue weighted by molar-refractivity contribution is 5.95. The number of carbonyl (C=O) groups is 2. The highest BCUT2D eigenvalue weighted by atomic mass is 16.2. The summed E-state index contributed by atoms with van der Waals surface area (Å²) < 4.78 is 0. The highest BCUT2D eigenvalue weighted by Gasteiger charge is 2.30. The topological polar surface area (TPSA) is 61.4 Å². The lowest BCUT2D eigenvalue weighted by Gasteiger charge is -2.36. The summed E-state index contributed by atoms with van der Waals surface area (Å²) in [4.78, 5) is 26.9. The van der Waals surface area contributed by atoms with E-state index in [4.69, 9.17) is 0 Å². The van der Waals surface area contributed by atoms with E-state index in [-0.39, 0.29) is 17.2 Å². The average Bonchev–Trinajstić information content (AvgIpc) is 3.19. The molecule has 2 amide bonds. The van der Waals surface area contributed by atoms with E-state index in [1.54, 1.807) is 0 Å². The van der Waals surface area contributed by atoms with Gasteiger partial charge in [0.2, 0.25) is 5.91 Å². The van der Waals surface area contributed by atoms with Crippen LogP contribution in [-0.4, -0.2) is 42.4 Å². The van der Waals surface area contributed by atoms with Gasteiger partial charge in [-0.1, -0.05) is 33.6 Å². The summed E-state index contributed by atoms with van der Waals surface area (Å²) >= 11 is 0. The Hall–Kier alpha value is -2.04. The van der Waals surface area contributed by atoms with Crippen LogP contribution in [0.5, 0.6) is 0 Å². The van der Waals surface area contributed by atoms with Crippen molar-refractivity contribution in [1.82, 2.24) is 10.2 Å². The molecule has 1 aromatic rings. The molecule has 1 heterocycles. The number of nitrogens with one attached hydrogen (secondary N) is 2. The first-order chi connectivity index (χ1) is 13.7. The van der Waals surface area contributed by atoms with E-state index >= 15 is 0 Å². The maximum absolute atomic E-state index is 12.5. The van der Waals surface area contributed by atoms with Crippen LogP contribution in [0, 0.1) is 18.3 Å². The number of aryl methyl sites for hydroxylation is 1. The molecule has 2 aliphatic rings. The summed E-state index contributed by atoms with van der Waals surface area (Å²) in [7, 11) is 0. The fourth-order valence-corrected chi connectivity index (χ4v) is 4.41. The van der Waals surface area contributed by atoms with Gasteiger partial charge >= 0.3 is 0 Å². The molecule has 29 heavy (non-hydrogen) atoms. The Morgan fingerprint density at radius 2 is 1.72 bits per heavy atom. The van der Waals surface area contributed by atoms with E-state index in [2.05, 4.69) is 17.6 Å². The summed E-state index contributed by atoms with van der Waals surface area (Å²) in [6, 6.07) is 6.27. The smallest absolute Gasteiger partial charge is 0.251 e. The van der Waals surface area contributed by atoms with Crippen molar-refractivity contribution in [2.75, 3.05) is 25.0 Å². The number of benzene rings is 1. The van der Waals surface area contributed by atoms with Crippen molar-refractivity contribution in [2.45, 2.75) is 72.3 Å². The van der Waals surface area contributed by atoms with Crippen molar-refractivity contribution < 1.29 is 9.59 Å². The van der Waals surface area contributed by atoms with Crippen LogP contribution in [0.1, 0.15) is 75.2 Å². The van der Waals surface area contributed by atoms with Gasteiger partial charge in [0.05, 0.1) is 0 Å². The minimum Gasteiger partial charge on any atom is -0.385 e. The molecule has 2 N–H and O–H groups in total. The maximum Gasteiger partial charge on any atom is 0.251 e. The zero-order chi connectivity index (χ0) is 21.0. The second-order valence-corrected chi connectivity index (χ2v) is 9.85. The van der Waals surface area contributed by atoms with Gasteiger partial charge in [-0.2, -0.15) is 0 Å². The lowest BCUT2D eigenvalue weighted by molar-refractivity contribution is -0.140. The Labute approximate surface area is 175 Å². The van der Waals surface area contributed by atoms with E-state index in [0.717, 1.165) is 62.1 Å². The molecule has 1 saturated carbocycles. The molecule has 0 unspecified atom stereocenters. The van der Waals surface area contributed by atoms with Crippen molar-refractivity contribution in [3.63, 3.8) is 0 Å². The van der Waals surface area contributed by atoms with Gasteiger partial charge in [0.15, 0.2) is 0 Å². The minimum absolute atomic E-state index is 0.0439. The fourth-order valence-electron chi connectivity index (χ4n) is 4.41. The van der Waals surface area contributed by atoms with Gasteiger partial charge in [0, 0.05) is 42.3 Å². The largest absolute Gasteiger partial charge is 0.385 e. The molecular formula is C24H37N3O2. The summed E-state index contributed by atoms with van der Waals surface area (Å²) in [5, 5.41) is 6.72. The number of nitrogens with zero attached hydrogens (tertiary/aromatic N) is 1. The molecule has 5 heteroatoms. The molecule has 5 nitrogen and oxygen atoms in total. The lowest BCUT2D eigenvalue weighted by Crippen LogP contribution is -2.44. The Bertz CT molecular complexity index is 724. The van der Waals surface area contributed by atoms with E-state index < -0.39 is 0 Å².